The molecule has 0 spiro atoms. The van der Waals surface area contributed by atoms with Gasteiger partial charge in [-0.25, -0.2) is 0 Å². The largest absolute Gasteiger partial charge is 0.309 e. The fourth-order valence-corrected chi connectivity index (χ4v) is 3.36. The summed E-state index contributed by atoms with van der Waals surface area (Å²) in [6, 6.07) is 7.01. The van der Waals surface area contributed by atoms with Crippen LogP contribution in [0.3, 0.4) is 0 Å². The average molecular weight is 310 g/mol. The maximum absolute atomic E-state index is 5.22. The number of fused-ring (bicyclic) bond motifs is 1. The lowest BCUT2D eigenvalue weighted by molar-refractivity contribution is 0.552. The second-order valence-electron chi connectivity index (χ2n) is 4.11. The predicted molar refractivity (Wildman–Crippen MR) is 79.4 cm³/mol. The summed E-state index contributed by atoms with van der Waals surface area (Å²) in [6.07, 6.45) is 7.59. The Kier molecular flexibility index (Phi) is 4.97. The molecule has 0 bridgehead atoms. The highest BCUT2D eigenvalue weighted by Gasteiger charge is 2.22. The van der Waals surface area contributed by atoms with E-state index >= 15 is 0 Å². The summed E-state index contributed by atoms with van der Waals surface area (Å²) in [5, 5.41) is 3.61. The van der Waals surface area contributed by atoms with E-state index in [2.05, 4.69) is 45.4 Å². The summed E-state index contributed by atoms with van der Waals surface area (Å²) in [4.78, 5) is 0. The topological polar surface area (TPSA) is 12.0 Å². The van der Waals surface area contributed by atoms with Crippen LogP contribution in [0.25, 0.3) is 0 Å². The SMILES string of the molecule is C#CCSCCNC1CCc2c(Br)cccc21. The summed E-state index contributed by atoms with van der Waals surface area (Å²) in [7, 11) is 0. The van der Waals surface area contributed by atoms with Crippen LogP contribution in [-0.4, -0.2) is 18.1 Å². The van der Waals surface area contributed by atoms with E-state index in [0.717, 1.165) is 18.1 Å². The lowest BCUT2D eigenvalue weighted by Crippen LogP contribution is -2.21. The molecule has 1 aromatic carbocycles. The van der Waals surface area contributed by atoms with Crippen LogP contribution in [0, 0.1) is 12.3 Å². The third-order valence-electron chi connectivity index (χ3n) is 3.04. The molecule has 0 saturated carbocycles. The zero-order valence-electron chi connectivity index (χ0n) is 9.71. The lowest BCUT2D eigenvalue weighted by atomic mass is 10.1. The van der Waals surface area contributed by atoms with Crippen LogP contribution in [-0.2, 0) is 6.42 Å². The minimum atomic E-state index is 0.522. The number of terminal acetylenes is 1. The van der Waals surface area contributed by atoms with Crippen LogP contribution in [0.2, 0.25) is 0 Å². The van der Waals surface area contributed by atoms with E-state index in [1.807, 2.05) is 11.8 Å². The fourth-order valence-electron chi connectivity index (χ4n) is 2.26. The molecule has 90 valence electrons. The van der Waals surface area contributed by atoms with Crippen molar-refractivity contribution in [3.05, 3.63) is 33.8 Å². The van der Waals surface area contributed by atoms with E-state index in [-0.39, 0.29) is 0 Å². The van der Waals surface area contributed by atoms with Crippen molar-refractivity contribution in [3.8, 4) is 12.3 Å². The minimum Gasteiger partial charge on any atom is -0.309 e. The van der Waals surface area contributed by atoms with Crippen LogP contribution in [0.4, 0.5) is 0 Å². The van der Waals surface area contributed by atoms with Crippen LogP contribution in [0.5, 0.6) is 0 Å². The van der Waals surface area contributed by atoms with E-state index in [1.54, 1.807) is 0 Å². The summed E-state index contributed by atoms with van der Waals surface area (Å²) in [6.45, 7) is 1.03. The molecule has 0 radical (unpaired) electrons. The van der Waals surface area contributed by atoms with Crippen LogP contribution in [0.15, 0.2) is 22.7 Å². The molecule has 1 aliphatic carbocycles. The number of nitrogens with one attached hydrogen (secondary N) is 1. The number of thioether (sulfide) groups is 1. The summed E-state index contributed by atoms with van der Waals surface area (Å²) in [5.74, 6) is 4.55. The molecule has 0 aliphatic heterocycles. The Morgan fingerprint density at radius 1 is 1.53 bits per heavy atom. The fraction of sp³-hybridized carbons (Fsp3) is 0.429. The zero-order chi connectivity index (χ0) is 12.1. The molecule has 1 N–H and O–H groups in total. The molecule has 1 aliphatic rings. The molecule has 0 amide bonds. The first-order chi connectivity index (χ1) is 8.33. The molecule has 0 heterocycles. The van der Waals surface area contributed by atoms with Gasteiger partial charge in [0, 0.05) is 22.8 Å². The quantitative estimate of drug-likeness (QED) is 0.661. The van der Waals surface area contributed by atoms with Gasteiger partial charge in [-0.3, -0.25) is 0 Å². The average Bonchev–Trinajstić information content (AvgIpc) is 2.74. The standard InChI is InChI=1S/C14H16BrNS/c1-2-9-17-10-8-16-14-7-6-11-12(14)4-3-5-13(11)15/h1,3-5,14,16H,6-10H2. The highest BCUT2D eigenvalue weighted by molar-refractivity contribution is 9.10. The molecule has 17 heavy (non-hydrogen) atoms. The maximum Gasteiger partial charge on any atom is 0.0545 e. The first kappa shape index (κ1) is 13.0. The Labute approximate surface area is 116 Å². The van der Waals surface area contributed by atoms with E-state index in [4.69, 9.17) is 6.42 Å². The molecule has 0 saturated heterocycles. The third kappa shape index (κ3) is 3.28. The number of halogens is 1. The van der Waals surface area contributed by atoms with Gasteiger partial charge in [-0.05, 0) is 30.0 Å². The molecule has 1 unspecified atom stereocenters. The van der Waals surface area contributed by atoms with Crippen molar-refractivity contribution in [1.29, 1.82) is 0 Å². The Morgan fingerprint density at radius 3 is 3.24 bits per heavy atom. The van der Waals surface area contributed by atoms with Crippen molar-refractivity contribution in [2.75, 3.05) is 18.1 Å². The maximum atomic E-state index is 5.22. The monoisotopic (exact) mass is 309 g/mol. The first-order valence-electron chi connectivity index (χ1n) is 5.85. The van der Waals surface area contributed by atoms with Crippen LogP contribution in [0.1, 0.15) is 23.6 Å². The van der Waals surface area contributed by atoms with E-state index < -0.39 is 0 Å². The van der Waals surface area contributed by atoms with Crippen molar-refractivity contribution >= 4 is 27.7 Å². The lowest BCUT2D eigenvalue weighted by Gasteiger charge is -2.13. The number of hydrogen-bond acceptors (Lipinski definition) is 2. The molecule has 1 nitrogen and oxygen atoms in total. The Hall–Kier alpha value is -0.430. The van der Waals surface area contributed by atoms with E-state index in [1.165, 1.54) is 28.4 Å². The molecule has 3 heteroatoms. The summed E-state index contributed by atoms with van der Waals surface area (Å²) in [5.41, 5.74) is 2.93. The van der Waals surface area contributed by atoms with E-state index in [0.29, 0.717) is 6.04 Å². The highest BCUT2D eigenvalue weighted by Crippen LogP contribution is 2.35. The van der Waals surface area contributed by atoms with Gasteiger partial charge in [0.15, 0.2) is 0 Å². The molecule has 0 aromatic heterocycles. The van der Waals surface area contributed by atoms with Gasteiger partial charge >= 0.3 is 0 Å². The normalized spacial score (nSPS) is 17.8. The van der Waals surface area contributed by atoms with Gasteiger partial charge in [-0.15, -0.1) is 18.2 Å². The van der Waals surface area contributed by atoms with Crippen molar-refractivity contribution in [1.82, 2.24) is 5.32 Å². The number of hydrogen-bond donors (Lipinski definition) is 1. The van der Waals surface area contributed by atoms with Crippen LogP contribution < -0.4 is 5.32 Å². The van der Waals surface area contributed by atoms with Gasteiger partial charge in [-0.2, -0.15) is 0 Å². The third-order valence-corrected chi connectivity index (χ3v) is 4.64. The molecular formula is C14H16BrNS. The number of benzene rings is 1. The van der Waals surface area contributed by atoms with Gasteiger partial charge in [0.25, 0.3) is 0 Å². The summed E-state index contributed by atoms with van der Waals surface area (Å²) >= 11 is 5.44. The predicted octanol–water partition coefficient (Wildman–Crippen LogP) is 3.39. The van der Waals surface area contributed by atoms with Crippen molar-refractivity contribution in [2.24, 2.45) is 0 Å². The van der Waals surface area contributed by atoms with Crippen molar-refractivity contribution < 1.29 is 0 Å². The Morgan fingerprint density at radius 2 is 2.41 bits per heavy atom. The molecule has 1 aromatic rings. The van der Waals surface area contributed by atoms with Crippen molar-refractivity contribution in [3.63, 3.8) is 0 Å². The first-order valence-corrected chi connectivity index (χ1v) is 7.79. The molecular weight excluding hydrogens is 294 g/mol. The van der Waals surface area contributed by atoms with Gasteiger partial charge in [-0.1, -0.05) is 34.0 Å². The zero-order valence-corrected chi connectivity index (χ0v) is 12.1. The van der Waals surface area contributed by atoms with Crippen LogP contribution >= 0.6 is 27.7 Å². The molecule has 1 atom stereocenters. The second-order valence-corrected chi connectivity index (χ2v) is 6.07. The number of rotatable bonds is 5. The van der Waals surface area contributed by atoms with Gasteiger partial charge < -0.3 is 5.32 Å². The Balaban J connectivity index is 1.86. The smallest absolute Gasteiger partial charge is 0.0545 e. The summed E-state index contributed by atoms with van der Waals surface area (Å²) < 4.78 is 1.25. The highest BCUT2D eigenvalue weighted by atomic mass is 79.9. The second kappa shape index (κ2) is 6.49. The van der Waals surface area contributed by atoms with Gasteiger partial charge in [0.05, 0.1) is 5.75 Å². The van der Waals surface area contributed by atoms with E-state index in [9.17, 15) is 0 Å². The van der Waals surface area contributed by atoms with Gasteiger partial charge in [0.2, 0.25) is 0 Å². The van der Waals surface area contributed by atoms with Crippen molar-refractivity contribution in [2.45, 2.75) is 18.9 Å². The van der Waals surface area contributed by atoms with Gasteiger partial charge in [0.1, 0.15) is 0 Å². The minimum absolute atomic E-state index is 0.522. The Bertz CT molecular complexity index is 425. The molecule has 0 fully saturated rings. The molecule has 2 rings (SSSR count).